The number of rotatable bonds is 3. The molecule has 0 nitrogen and oxygen atoms in total. The maximum absolute atomic E-state index is 3.66. The highest BCUT2D eigenvalue weighted by atomic mass is 14.1. The van der Waals surface area contributed by atoms with Gasteiger partial charge in [-0.2, -0.15) is 0 Å². The highest BCUT2D eigenvalue weighted by Crippen LogP contribution is 2.26. The van der Waals surface area contributed by atoms with Crippen molar-refractivity contribution in [1.82, 2.24) is 0 Å². The smallest absolute Gasteiger partial charge is 0.0131 e. The summed E-state index contributed by atoms with van der Waals surface area (Å²) in [7, 11) is 0. The van der Waals surface area contributed by atoms with Gasteiger partial charge in [0.25, 0.3) is 0 Å². The third kappa shape index (κ3) is 1.43. The summed E-state index contributed by atoms with van der Waals surface area (Å²) in [4.78, 5) is 0. The first-order chi connectivity index (χ1) is 4.38. The monoisotopic (exact) mass is 117 g/mol. The Morgan fingerprint density at radius 2 is 2.11 bits per heavy atom. The Morgan fingerprint density at radius 1 is 1.44 bits per heavy atom. The van der Waals surface area contributed by atoms with Crippen molar-refractivity contribution in [2.24, 2.45) is 0 Å². The maximum Gasteiger partial charge on any atom is 0.0131 e. The maximum atomic E-state index is 3.66. The van der Waals surface area contributed by atoms with Crippen molar-refractivity contribution < 1.29 is 0 Å². The van der Waals surface area contributed by atoms with Crippen LogP contribution in [0.2, 0.25) is 0 Å². The molecule has 1 rings (SSSR count). The minimum atomic E-state index is 1.16. The van der Waals surface area contributed by atoms with Crippen molar-refractivity contribution in [2.45, 2.75) is 0 Å². The molecule has 1 radical (unpaired) electrons. The van der Waals surface area contributed by atoms with Crippen LogP contribution in [-0.2, 0) is 0 Å². The fourth-order valence-corrected chi connectivity index (χ4v) is 0.643. The molecule has 9 heavy (non-hydrogen) atoms. The Kier molecular flexibility index (Phi) is 1.69. The fraction of sp³-hybridized carbons (Fsp3) is 0. The fourth-order valence-electron chi connectivity index (χ4n) is 0.643. The quantitative estimate of drug-likeness (QED) is 0.498. The second-order valence-corrected chi connectivity index (χ2v) is 1.85. The van der Waals surface area contributed by atoms with E-state index in [1.807, 2.05) is 12.2 Å². The van der Waals surface area contributed by atoms with Crippen molar-refractivity contribution in [2.75, 3.05) is 0 Å². The van der Waals surface area contributed by atoms with Gasteiger partial charge in [0, 0.05) is 6.42 Å². The van der Waals surface area contributed by atoms with Gasteiger partial charge in [-0.25, -0.2) is 0 Å². The van der Waals surface area contributed by atoms with Crippen LogP contribution in [0.5, 0.6) is 0 Å². The molecule has 0 aromatic carbocycles. The van der Waals surface area contributed by atoms with E-state index in [2.05, 4.69) is 25.7 Å². The first-order valence-corrected chi connectivity index (χ1v) is 2.89. The molecular formula is C9H9. The van der Waals surface area contributed by atoms with E-state index in [-0.39, 0.29) is 0 Å². The van der Waals surface area contributed by atoms with E-state index in [1.54, 1.807) is 6.08 Å². The van der Waals surface area contributed by atoms with Gasteiger partial charge in [0.15, 0.2) is 0 Å². The van der Waals surface area contributed by atoms with Gasteiger partial charge >= 0.3 is 0 Å². The number of allylic oxidation sites excluding steroid dienone is 6. The standard InChI is InChI=1S/C9H9/c1-3-5-8(4-2)9-6-7-9/h3-7H,1-2H2/b8-5+. The molecule has 0 atom stereocenters. The summed E-state index contributed by atoms with van der Waals surface area (Å²) in [5, 5.41) is 0. The lowest BCUT2D eigenvalue weighted by Crippen LogP contribution is -1.69. The molecule has 0 heterocycles. The van der Waals surface area contributed by atoms with Crippen molar-refractivity contribution in [3.8, 4) is 0 Å². The van der Waals surface area contributed by atoms with Crippen LogP contribution in [0.4, 0.5) is 0 Å². The molecule has 45 valence electrons. The van der Waals surface area contributed by atoms with Crippen LogP contribution in [0.1, 0.15) is 0 Å². The summed E-state index contributed by atoms with van der Waals surface area (Å²) < 4.78 is 0. The van der Waals surface area contributed by atoms with E-state index in [9.17, 15) is 0 Å². The van der Waals surface area contributed by atoms with Crippen LogP contribution in [0.15, 0.2) is 48.6 Å². The molecule has 0 N–H and O–H groups in total. The normalized spacial score (nSPS) is 16.4. The molecule has 0 aliphatic heterocycles. The molecule has 1 aliphatic carbocycles. The molecular weight excluding hydrogens is 108 g/mol. The van der Waals surface area contributed by atoms with Crippen LogP contribution in [0, 0.1) is 6.42 Å². The second-order valence-electron chi connectivity index (χ2n) is 1.85. The molecule has 0 fully saturated rings. The molecule has 0 unspecified atom stereocenters. The molecule has 0 saturated carbocycles. The molecule has 0 bridgehead atoms. The van der Waals surface area contributed by atoms with Gasteiger partial charge in [-0.1, -0.05) is 37.5 Å². The Hall–Kier alpha value is -1.04. The Balaban J connectivity index is 2.68. The molecule has 1 aliphatic rings. The van der Waals surface area contributed by atoms with E-state index >= 15 is 0 Å². The second kappa shape index (κ2) is 2.49. The van der Waals surface area contributed by atoms with E-state index in [1.165, 1.54) is 5.57 Å². The lowest BCUT2D eigenvalue weighted by molar-refractivity contribution is 1.66. The molecule has 0 aromatic rings. The van der Waals surface area contributed by atoms with Gasteiger partial charge in [-0.05, 0) is 11.1 Å². The molecule has 0 amide bonds. The van der Waals surface area contributed by atoms with Gasteiger partial charge < -0.3 is 0 Å². The van der Waals surface area contributed by atoms with Gasteiger partial charge in [0.2, 0.25) is 0 Å². The first-order valence-electron chi connectivity index (χ1n) is 2.89. The predicted molar refractivity (Wildman–Crippen MR) is 40.9 cm³/mol. The van der Waals surface area contributed by atoms with Crippen LogP contribution in [0.25, 0.3) is 0 Å². The number of hydrogen-bond acceptors (Lipinski definition) is 0. The summed E-state index contributed by atoms with van der Waals surface area (Å²) >= 11 is 0. The lowest BCUT2D eigenvalue weighted by atomic mass is 10.2. The average molecular weight is 117 g/mol. The first kappa shape index (κ1) is 6.09. The van der Waals surface area contributed by atoms with Gasteiger partial charge in [0.1, 0.15) is 0 Å². The predicted octanol–water partition coefficient (Wildman–Crippen LogP) is 2.43. The zero-order chi connectivity index (χ0) is 6.69. The third-order valence-electron chi connectivity index (χ3n) is 1.18. The lowest BCUT2D eigenvalue weighted by Gasteiger charge is -1.88. The molecule has 0 heteroatoms. The zero-order valence-corrected chi connectivity index (χ0v) is 5.30. The molecule has 0 spiro atoms. The van der Waals surface area contributed by atoms with E-state index in [0.717, 1.165) is 5.57 Å². The zero-order valence-electron chi connectivity index (χ0n) is 5.30. The van der Waals surface area contributed by atoms with Crippen molar-refractivity contribution in [3.05, 3.63) is 55.0 Å². The Bertz CT molecular complexity index is 192. The van der Waals surface area contributed by atoms with Gasteiger partial charge in [0.05, 0.1) is 0 Å². The van der Waals surface area contributed by atoms with Crippen LogP contribution in [-0.4, -0.2) is 0 Å². The summed E-state index contributed by atoms with van der Waals surface area (Å²) in [5.74, 6) is 0. The van der Waals surface area contributed by atoms with Crippen LogP contribution >= 0.6 is 0 Å². The minimum Gasteiger partial charge on any atom is -0.0990 e. The molecule has 0 aromatic heterocycles. The van der Waals surface area contributed by atoms with Crippen molar-refractivity contribution in [1.29, 1.82) is 0 Å². The topological polar surface area (TPSA) is 0 Å². The number of hydrogen-bond donors (Lipinski definition) is 0. The Morgan fingerprint density at radius 3 is 2.44 bits per heavy atom. The van der Waals surface area contributed by atoms with E-state index in [4.69, 9.17) is 0 Å². The summed E-state index contributed by atoms with van der Waals surface area (Å²) in [6.45, 7) is 7.26. The summed E-state index contributed by atoms with van der Waals surface area (Å²) in [5.41, 5.74) is 2.43. The average Bonchev–Trinajstić information content (AvgIpc) is 2.64. The van der Waals surface area contributed by atoms with Crippen molar-refractivity contribution >= 4 is 0 Å². The van der Waals surface area contributed by atoms with Crippen LogP contribution < -0.4 is 0 Å². The van der Waals surface area contributed by atoms with Crippen molar-refractivity contribution in [3.63, 3.8) is 0 Å². The van der Waals surface area contributed by atoms with E-state index < -0.39 is 0 Å². The summed E-state index contributed by atoms with van der Waals surface area (Å²) in [6.07, 6.45) is 9.65. The summed E-state index contributed by atoms with van der Waals surface area (Å²) in [6, 6.07) is 0. The third-order valence-corrected chi connectivity index (χ3v) is 1.18. The molecule has 0 saturated heterocycles. The van der Waals surface area contributed by atoms with E-state index in [0.29, 0.717) is 0 Å². The SMILES string of the molecule is C=C/C=C(\C=C)C1=C[CH]1. The minimum absolute atomic E-state index is 1.16. The highest BCUT2D eigenvalue weighted by Gasteiger charge is 2.08. The van der Waals surface area contributed by atoms with Crippen LogP contribution in [0.3, 0.4) is 0 Å². The van der Waals surface area contributed by atoms with Gasteiger partial charge in [-0.15, -0.1) is 0 Å². The van der Waals surface area contributed by atoms with Gasteiger partial charge in [-0.3, -0.25) is 0 Å². The highest BCUT2D eigenvalue weighted by molar-refractivity contribution is 5.58. The Labute approximate surface area is 55.9 Å². The largest absolute Gasteiger partial charge is 0.0990 e.